The smallest absolute Gasteiger partial charge is 0.270 e. The summed E-state index contributed by atoms with van der Waals surface area (Å²) in [6.07, 6.45) is 1.82. The zero-order valence-corrected chi connectivity index (χ0v) is 14.8. The van der Waals surface area contributed by atoms with Crippen molar-refractivity contribution in [1.82, 2.24) is 14.9 Å². The fraction of sp³-hybridized carbons (Fsp3) is 0.0476. The molecule has 4 aromatic rings. The largest absolute Gasteiger partial charge is 0.347 e. The highest BCUT2D eigenvalue weighted by molar-refractivity contribution is 5.94. The molecule has 0 saturated heterocycles. The molecule has 0 spiro atoms. The van der Waals surface area contributed by atoms with Gasteiger partial charge in [0.2, 0.25) is 0 Å². The molecule has 138 valence electrons. The summed E-state index contributed by atoms with van der Waals surface area (Å²) in [7, 11) is 0. The zero-order valence-electron chi connectivity index (χ0n) is 14.8. The van der Waals surface area contributed by atoms with Gasteiger partial charge in [-0.05, 0) is 35.9 Å². The summed E-state index contributed by atoms with van der Waals surface area (Å²) < 4.78 is 1.87. The third-order valence-corrected chi connectivity index (χ3v) is 4.41. The van der Waals surface area contributed by atoms with Gasteiger partial charge in [-0.3, -0.25) is 14.9 Å². The lowest BCUT2D eigenvalue weighted by molar-refractivity contribution is -0.384. The van der Waals surface area contributed by atoms with E-state index in [1.807, 2.05) is 53.2 Å². The first-order valence-corrected chi connectivity index (χ1v) is 8.67. The van der Waals surface area contributed by atoms with E-state index in [2.05, 4.69) is 10.3 Å². The third kappa shape index (κ3) is 3.45. The maximum Gasteiger partial charge on any atom is 0.270 e. The first kappa shape index (κ1) is 17.4. The van der Waals surface area contributed by atoms with Crippen LogP contribution in [0.15, 0.2) is 79.0 Å². The Bertz CT molecular complexity index is 1150. The van der Waals surface area contributed by atoms with Crippen molar-refractivity contribution in [2.75, 3.05) is 0 Å². The number of nitrogens with zero attached hydrogens (tertiary/aromatic N) is 3. The summed E-state index contributed by atoms with van der Waals surface area (Å²) in [5.41, 5.74) is 3.66. The highest BCUT2D eigenvalue weighted by Crippen LogP contribution is 2.21. The maximum atomic E-state index is 12.4. The van der Waals surface area contributed by atoms with Crippen LogP contribution in [0, 0.1) is 10.1 Å². The van der Waals surface area contributed by atoms with E-state index in [9.17, 15) is 14.9 Å². The van der Waals surface area contributed by atoms with E-state index in [1.165, 1.54) is 12.1 Å². The molecule has 2 aromatic carbocycles. The number of hydrogen-bond donors (Lipinski definition) is 1. The lowest BCUT2D eigenvalue weighted by Crippen LogP contribution is -2.23. The fourth-order valence-electron chi connectivity index (χ4n) is 2.97. The Balaban J connectivity index is 1.55. The van der Waals surface area contributed by atoms with Crippen LogP contribution in [-0.4, -0.2) is 20.4 Å². The van der Waals surface area contributed by atoms with Gasteiger partial charge >= 0.3 is 0 Å². The molecule has 0 radical (unpaired) electrons. The zero-order chi connectivity index (χ0) is 19.5. The van der Waals surface area contributed by atoms with Crippen molar-refractivity contribution in [2.45, 2.75) is 6.54 Å². The van der Waals surface area contributed by atoms with Gasteiger partial charge in [-0.25, -0.2) is 4.98 Å². The summed E-state index contributed by atoms with van der Waals surface area (Å²) in [6, 6.07) is 21.2. The standard InChI is InChI=1S/C21H16N4O3/c26-21(22-14-15-4-2-1-3-5-15)19-10-11-20-18(23-19)12-13-24(20)16-6-8-17(9-7-16)25(27)28/h1-13H,14H2,(H,22,26). The Kier molecular flexibility index (Phi) is 4.55. The molecular weight excluding hydrogens is 356 g/mol. The van der Waals surface area contributed by atoms with Crippen molar-refractivity contribution in [3.8, 4) is 5.69 Å². The van der Waals surface area contributed by atoms with Crippen molar-refractivity contribution < 1.29 is 9.72 Å². The van der Waals surface area contributed by atoms with E-state index in [0.717, 1.165) is 16.8 Å². The molecule has 7 nitrogen and oxygen atoms in total. The molecule has 0 atom stereocenters. The van der Waals surface area contributed by atoms with Gasteiger partial charge < -0.3 is 9.88 Å². The third-order valence-electron chi connectivity index (χ3n) is 4.41. The van der Waals surface area contributed by atoms with E-state index in [0.29, 0.717) is 17.8 Å². The number of hydrogen-bond acceptors (Lipinski definition) is 4. The Morgan fingerprint density at radius 1 is 1.00 bits per heavy atom. The van der Waals surface area contributed by atoms with Crippen LogP contribution < -0.4 is 5.32 Å². The predicted molar refractivity (Wildman–Crippen MR) is 105 cm³/mol. The minimum atomic E-state index is -0.431. The van der Waals surface area contributed by atoms with Gasteiger partial charge in [-0.15, -0.1) is 0 Å². The van der Waals surface area contributed by atoms with Crippen LogP contribution in [0.4, 0.5) is 5.69 Å². The lowest BCUT2D eigenvalue weighted by Gasteiger charge is -2.07. The maximum absolute atomic E-state index is 12.4. The molecule has 7 heteroatoms. The van der Waals surface area contributed by atoms with Gasteiger partial charge in [0.25, 0.3) is 11.6 Å². The molecule has 0 aliphatic carbocycles. The topological polar surface area (TPSA) is 90.1 Å². The Labute approximate surface area is 160 Å². The molecule has 2 aromatic heterocycles. The van der Waals surface area contributed by atoms with Crippen LogP contribution in [-0.2, 0) is 6.54 Å². The van der Waals surface area contributed by atoms with E-state index >= 15 is 0 Å². The van der Waals surface area contributed by atoms with Crippen molar-refractivity contribution >= 4 is 22.6 Å². The van der Waals surface area contributed by atoms with Crippen molar-refractivity contribution in [1.29, 1.82) is 0 Å². The average Bonchev–Trinajstić information content (AvgIpc) is 3.16. The molecule has 28 heavy (non-hydrogen) atoms. The quantitative estimate of drug-likeness (QED) is 0.425. The van der Waals surface area contributed by atoms with Gasteiger partial charge in [0.05, 0.1) is 16.0 Å². The Morgan fingerprint density at radius 3 is 2.46 bits per heavy atom. The molecule has 0 aliphatic heterocycles. The lowest BCUT2D eigenvalue weighted by atomic mass is 10.2. The van der Waals surface area contributed by atoms with Gasteiger partial charge in [-0.2, -0.15) is 0 Å². The molecule has 0 fully saturated rings. The SMILES string of the molecule is O=C(NCc1ccccc1)c1ccc2c(ccn2-c2ccc([N+](=O)[O-])cc2)n1. The molecule has 0 aliphatic rings. The summed E-state index contributed by atoms with van der Waals surface area (Å²) >= 11 is 0. The monoisotopic (exact) mass is 372 g/mol. The van der Waals surface area contributed by atoms with Crippen LogP contribution >= 0.6 is 0 Å². The molecule has 0 bridgehead atoms. The minimum Gasteiger partial charge on any atom is -0.347 e. The number of nitro groups is 1. The first-order valence-electron chi connectivity index (χ1n) is 8.67. The van der Waals surface area contributed by atoms with E-state index in [-0.39, 0.29) is 11.6 Å². The number of nitro benzene ring substituents is 1. The number of carbonyl (C=O) groups is 1. The number of non-ortho nitro benzene ring substituents is 1. The second-order valence-electron chi connectivity index (χ2n) is 6.23. The Hall–Kier alpha value is -4.00. The van der Waals surface area contributed by atoms with E-state index in [4.69, 9.17) is 0 Å². The molecular formula is C21H16N4O3. The molecule has 1 amide bonds. The van der Waals surface area contributed by atoms with E-state index in [1.54, 1.807) is 18.2 Å². The van der Waals surface area contributed by atoms with Crippen molar-refractivity contribution in [3.05, 3.63) is 100 Å². The minimum absolute atomic E-state index is 0.0377. The van der Waals surface area contributed by atoms with Crippen LogP contribution in [0.2, 0.25) is 0 Å². The number of amides is 1. The summed E-state index contributed by atoms with van der Waals surface area (Å²) in [5, 5.41) is 13.7. The van der Waals surface area contributed by atoms with Gasteiger partial charge in [0.1, 0.15) is 5.69 Å². The predicted octanol–water partition coefficient (Wildman–Crippen LogP) is 3.86. The fourth-order valence-corrected chi connectivity index (χ4v) is 2.97. The Morgan fingerprint density at radius 2 is 1.75 bits per heavy atom. The van der Waals surface area contributed by atoms with Gasteiger partial charge in [0, 0.05) is 30.6 Å². The highest BCUT2D eigenvalue weighted by atomic mass is 16.6. The number of aromatic nitrogens is 2. The molecule has 0 saturated carbocycles. The van der Waals surface area contributed by atoms with Crippen LogP contribution in [0.5, 0.6) is 0 Å². The average molecular weight is 372 g/mol. The first-order chi connectivity index (χ1) is 13.6. The number of carbonyl (C=O) groups excluding carboxylic acids is 1. The summed E-state index contributed by atoms with van der Waals surface area (Å²) in [5.74, 6) is -0.242. The number of benzene rings is 2. The molecule has 4 rings (SSSR count). The molecule has 2 heterocycles. The number of rotatable bonds is 5. The van der Waals surface area contributed by atoms with E-state index < -0.39 is 4.92 Å². The number of nitrogens with one attached hydrogen (secondary N) is 1. The molecule has 0 unspecified atom stereocenters. The van der Waals surface area contributed by atoms with Gasteiger partial charge in [-0.1, -0.05) is 30.3 Å². The summed E-state index contributed by atoms with van der Waals surface area (Å²) in [6.45, 7) is 0.434. The molecule has 1 N–H and O–H groups in total. The van der Waals surface area contributed by atoms with Crippen molar-refractivity contribution in [3.63, 3.8) is 0 Å². The van der Waals surface area contributed by atoms with Crippen LogP contribution in [0.25, 0.3) is 16.7 Å². The normalized spacial score (nSPS) is 10.7. The van der Waals surface area contributed by atoms with Crippen molar-refractivity contribution in [2.24, 2.45) is 0 Å². The summed E-state index contributed by atoms with van der Waals surface area (Å²) in [4.78, 5) is 27.2. The second kappa shape index (κ2) is 7.32. The highest BCUT2D eigenvalue weighted by Gasteiger charge is 2.11. The van der Waals surface area contributed by atoms with Crippen LogP contribution in [0.3, 0.4) is 0 Å². The number of pyridine rings is 1. The number of fused-ring (bicyclic) bond motifs is 1. The second-order valence-corrected chi connectivity index (χ2v) is 6.23. The van der Waals surface area contributed by atoms with Gasteiger partial charge in [0.15, 0.2) is 0 Å². The van der Waals surface area contributed by atoms with Crippen LogP contribution in [0.1, 0.15) is 16.1 Å².